The van der Waals surface area contributed by atoms with Crippen LogP contribution in [0.3, 0.4) is 0 Å². The van der Waals surface area contributed by atoms with Gasteiger partial charge in [-0.2, -0.15) is 0 Å². The van der Waals surface area contributed by atoms with Gasteiger partial charge < -0.3 is 10.2 Å². The molecular formula is C33H33BrN4O6S. The predicted molar refractivity (Wildman–Crippen MR) is 176 cm³/mol. The monoisotopic (exact) mass is 692 g/mol. The molecule has 0 saturated heterocycles. The summed E-state index contributed by atoms with van der Waals surface area (Å²) in [5, 5.41) is 14.2. The maximum Gasteiger partial charge on any atom is 0.269 e. The second-order valence-corrected chi connectivity index (χ2v) is 13.0. The molecule has 0 radical (unpaired) electrons. The first-order chi connectivity index (χ1) is 21.6. The summed E-state index contributed by atoms with van der Waals surface area (Å²) >= 11 is 3.46. The summed E-state index contributed by atoms with van der Waals surface area (Å²) in [6.07, 6.45) is 0.881. The van der Waals surface area contributed by atoms with E-state index in [-0.39, 0.29) is 35.1 Å². The standard InChI is InChI=1S/C33H33BrN4O6S/c1-2-20-35-33(40)31(22-25-10-5-3-6-11-25)36(23-26-12-9-13-27(34)21-26)32(39)24-37(28-16-18-29(19-17-28)38(41)42)45(43,44)30-14-7-4-8-15-30/h3-19,21,31H,2,20,22-24H2,1H3,(H,35,40). The molecule has 0 bridgehead atoms. The van der Waals surface area contributed by atoms with E-state index < -0.39 is 33.4 Å². The number of amides is 2. The number of carbonyl (C=O) groups is 2. The lowest BCUT2D eigenvalue weighted by Crippen LogP contribution is -2.53. The van der Waals surface area contributed by atoms with Gasteiger partial charge >= 0.3 is 0 Å². The number of benzene rings is 4. The quantitative estimate of drug-likeness (QED) is 0.133. The normalized spacial score (nSPS) is 11.8. The molecule has 0 spiro atoms. The topological polar surface area (TPSA) is 130 Å². The SMILES string of the molecule is CCCNC(=O)C(Cc1ccccc1)N(Cc1cccc(Br)c1)C(=O)CN(c1ccc([N+](=O)[O-])cc1)S(=O)(=O)c1ccccc1. The average molecular weight is 694 g/mol. The summed E-state index contributed by atoms with van der Waals surface area (Å²) in [5.41, 5.74) is 1.39. The number of carbonyl (C=O) groups excluding carboxylic acids is 2. The van der Waals surface area contributed by atoms with Crippen LogP contribution in [0.15, 0.2) is 119 Å². The average Bonchev–Trinajstić information content (AvgIpc) is 3.05. The number of rotatable bonds is 14. The molecule has 0 aliphatic carbocycles. The fourth-order valence-corrected chi connectivity index (χ4v) is 6.62. The second kappa shape index (κ2) is 15.4. The molecule has 45 heavy (non-hydrogen) atoms. The van der Waals surface area contributed by atoms with E-state index in [1.54, 1.807) is 18.2 Å². The molecule has 0 aliphatic heterocycles. The maximum absolute atomic E-state index is 14.4. The lowest BCUT2D eigenvalue weighted by Gasteiger charge is -2.34. The van der Waals surface area contributed by atoms with Gasteiger partial charge in [-0.3, -0.25) is 24.0 Å². The summed E-state index contributed by atoms with van der Waals surface area (Å²) < 4.78 is 29.7. The zero-order valence-corrected chi connectivity index (χ0v) is 27.0. The lowest BCUT2D eigenvalue weighted by atomic mass is 10.0. The van der Waals surface area contributed by atoms with E-state index in [4.69, 9.17) is 0 Å². The van der Waals surface area contributed by atoms with Crippen molar-refractivity contribution < 1.29 is 22.9 Å². The minimum Gasteiger partial charge on any atom is -0.354 e. The number of hydrogen-bond donors (Lipinski definition) is 1. The number of anilines is 1. The maximum atomic E-state index is 14.4. The Morgan fingerprint density at radius 3 is 2.11 bits per heavy atom. The van der Waals surface area contributed by atoms with E-state index in [9.17, 15) is 28.1 Å². The number of hydrogen-bond acceptors (Lipinski definition) is 6. The van der Waals surface area contributed by atoms with Crippen molar-refractivity contribution in [3.8, 4) is 0 Å². The van der Waals surface area contributed by atoms with Crippen LogP contribution in [0.25, 0.3) is 0 Å². The fraction of sp³-hybridized carbons (Fsp3) is 0.212. The third-order valence-corrected chi connectivity index (χ3v) is 9.30. The molecule has 10 nitrogen and oxygen atoms in total. The first kappa shape index (κ1) is 33.3. The van der Waals surface area contributed by atoms with Gasteiger partial charge in [0.15, 0.2) is 0 Å². The van der Waals surface area contributed by atoms with Gasteiger partial charge in [-0.15, -0.1) is 0 Å². The number of nitrogens with zero attached hydrogens (tertiary/aromatic N) is 3. The van der Waals surface area contributed by atoms with Crippen molar-refractivity contribution in [1.29, 1.82) is 0 Å². The van der Waals surface area contributed by atoms with Crippen LogP contribution in [-0.2, 0) is 32.6 Å². The molecule has 2 amide bonds. The number of nitro benzene ring substituents is 1. The molecule has 0 heterocycles. The first-order valence-corrected chi connectivity index (χ1v) is 16.5. The summed E-state index contributed by atoms with van der Waals surface area (Å²) in [4.78, 5) is 40.1. The van der Waals surface area contributed by atoms with Gasteiger partial charge in [-0.05, 0) is 53.9 Å². The number of non-ortho nitro benzene ring substituents is 1. The predicted octanol–water partition coefficient (Wildman–Crippen LogP) is 5.72. The molecule has 0 fully saturated rings. The highest BCUT2D eigenvalue weighted by atomic mass is 79.9. The molecule has 1 unspecified atom stereocenters. The van der Waals surface area contributed by atoms with Gasteiger partial charge in [0.2, 0.25) is 11.8 Å². The van der Waals surface area contributed by atoms with Gasteiger partial charge in [0, 0.05) is 36.1 Å². The van der Waals surface area contributed by atoms with Gasteiger partial charge in [-0.25, -0.2) is 8.42 Å². The van der Waals surface area contributed by atoms with E-state index in [2.05, 4.69) is 21.2 Å². The van der Waals surface area contributed by atoms with Crippen LogP contribution in [0.5, 0.6) is 0 Å². The van der Waals surface area contributed by atoms with E-state index in [1.807, 2.05) is 61.5 Å². The van der Waals surface area contributed by atoms with Crippen LogP contribution in [-0.4, -0.2) is 49.2 Å². The summed E-state index contributed by atoms with van der Waals surface area (Å²) in [7, 11) is -4.31. The minimum absolute atomic E-state index is 0.0226. The number of sulfonamides is 1. The molecule has 0 saturated carbocycles. The van der Waals surface area contributed by atoms with Crippen molar-refractivity contribution >= 4 is 49.1 Å². The van der Waals surface area contributed by atoms with Gasteiger partial charge in [-0.1, -0.05) is 83.5 Å². The molecule has 4 aromatic rings. The molecule has 4 aromatic carbocycles. The Balaban J connectivity index is 1.80. The molecule has 4 rings (SSSR count). The number of nitro groups is 1. The Hall–Kier alpha value is -4.55. The van der Waals surface area contributed by atoms with Crippen molar-refractivity contribution in [3.63, 3.8) is 0 Å². The van der Waals surface area contributed by atoms with Gasteiger partial charge in [0.1, 0.15) is 12.6 Å². The van der Waals surface area contributed by atoms with E-state index in [0.717, 1.165) is 19.9 Å². The van der Waals surface area contributed by atoms with Crippen LogP contribution >= 0.6 is 15.9 Å². The van der Waals surface area contributed by atoms with Crippen molar-refractivity contribution in [2.24, 2.45) is 0 Å². The van der Waals surface area contributed by atoms with Crippen LogP contribution < -0.4 is 9.62 Å². The highest BCUT2D eigenvalue weighted by Crippen LogP contribution is 2.27. The lowest BCUT2D eigenvalue weighted by molar-refractivity contribution is -0.384. The molecule has 1 N–H and O–H groups in total. The fourth-order valence-electron chi connectivity index (χ4n) is 4.74. The Morgan fingerprint density at radius 1 is 0.889 bits per heavy atom. The number of halogens is 1. The van der Waals surface area contributed by atoms with Gasteiger partial charge in [0.05, 0.1) is 15.5 Å². The Labute approximate surface area is 271 Å². The second-order valence-electron chi connectivity index (χ2n) is 10.2. The summed E-state index contributed by atoms with van der Waals surface area (Å²) in [6, 6.07) is 28.2. The third-order valence-electron chi connectivity index (χ3n) is 7.02. The first-order valence-electron chi connectivity index (χ1n) is 14.3. The number of nitrogens with one attached hydrogen (secondary N) is 1. The zero-order chi connectivity index (χ0) is 32.4. The molecule has 0 aromatic heterocycles. The summed E-state index contributed by atoms with van der Waals surface area (Å²) in [5.74, 6) is -0.989. The highest BCUT2D eigenvalue weighted by molar-refractivity contribution is 9.10. The molecule has 1 atom stereocenters. The van der Waals surface area contributed by atoms with Crippen molar-refractivity contribution in [2.75, 3.05) is 17.4 Å². The van der Waals surface area contributed by atoms with E-state index in [1.165, 1.54) is 41.3 Å². The minimum atomic E-state index is -4.31. The molecule has 234 valence electrons. The van der Waals surface area contributed by atoms with E-state index in [0.29, 0.717) is 13.0 Å². The third kappa shape index (κ3) is 8.77. The zero-order valence-electron chi connectivity index (χ0n) is 24.6. The molecule has 12 heteroatoms. The van der Waals surface area contributed by atoms with Gasteiger partial charge in [0.25, 0.3) is 15.7 Å². The Kier molecular flexibility index (Phi) is 11.4. The van der Waals surface area contributed by atoms with Crippen LogP contribution in [0.1, 0.15) is 24.5 Å². The van der Waals surface area contributed by atoms with Crippen molar-refractivity contribution in [3.05, 3.63) is 135 Å². The Morgan fingerprint density at radius 2 is 1.51 bits per heavy atom. The van der Waals surface area contributed by atoms with Crippen LogP contribution in [0.2, 0.25) is 0 Å². The van der Waals surface area contributed by atoms with Crippen molar-refractivity contribution in [1.82, 2.24) is 10.2 Å². The molecular weight excluding hydrogens is 660 g/mol. The smallest absolute Gasteiger partial charge is 0.269 e. The van der Waals surface area contributed by atoms with Crippen LogP contribution in [0.4, 0.5) is 11.4 Å². The van der Waals surface area contributed by atoms with Crippen molar-refractivity contribution in [2.45, 2.75) is 37.2 Å². The summed E-state index contributed by atoms with van der Waals surface area (Å²) in [6.45, 7) is 1.69. The largest absolute Gasteiger partial charge is 0.354 e. The highest BCUT2D eigenvalue weighted by Gasteiger charge is 2.34. The molecule has 0 aliphatic rings. The Bertz CT molecular complexity index is 1720. The van der Waals surface area contributed by atoms with E-state index >= 15 is 0 Å². The van der Waals surface area contributed by atoms with Crippen LogP contribution in [0, 0.1) is 10.1 Å².